The van der Waals surface area contributed by atoms with Crippen LogP contribution in [0.1, 0.15) is 117 Å². The van der Waals surface area contributed by atoms with E-state index < -0.39 is 0 Å². The van der Waals surface area contributed by atoms with Crippen LogP contribution >= 0.6 is 0 Å². The van der Waals surface area contributed by atoms with E-state index >= 15 is 0 Å². The third kappa shape index (κ3) is 14.4. The van der Waals surface area contributed by atoms with Crippen LogP contribution in [0, 0.1) is 5.92 Å². The van der Waals surface area contributed by atoms with Crippen LogP contribution in [0.3, 0.4) is 0 Å². The van der Waals surface area contributed by atoms with E-state index in [9.17, 15) is 4.79 Å². The lowest BCUT2D eigenvalue weighted by molar-refractivity contribution is -0.122. The van der Waals surface area contributed by atoms with Crippen LogP contribution in [0.2, 0.25) is 0 Å². The first kappa shape index (κ1) is 20.7. The predicted molar refractivity (Wildman–Crippen MR) is 94.8 cm³/mol. The lowest BCUT2D eigenvalue weighted by Gasteiger charge is -2.09. The van der Waals surface area contributed by atoms with Crippen molar-refractivity contribution < 1.29 is 4.79 Å². The number of Topliss-reactive ketones (excluding diaryl/α,β-unsaturated/α-hetero) is 1. The molecule has 0 N–H and O–H groups in total. The molecule has 0 aromatic heterocycles. The van der Waals surface area contributed by atoms with Crippen molar-refractivity contribution in [2.45, 2.75) is 117 Å². The van der Waals surface area contributed by atoms with Crippen molar-refractivity contribution in [1.29, 1.82) is 0 Å². The Kier molecular flexibility index (Phi) is 15.8. The smallest absolute Gasteiger partial charge is 0.135 e. The Morgan fingerprint density at radius 2 is 1.10 bits per heavy atom. The van der Waals surface area contributed by atoms with Crippen molar-refractivity contribution in [1.82, 2.24) is 0 Å². The minimum absolute atomic E-state index is 0.299. The third-order valence-electron chi connectivity index (χ3n) is 4.54. The molecule has 0 aromatic carbocycles. The zero-order valence-corrected chi connectivity index (χ0v) is 15.1. The molecule has 1 heteroatoms. The van der Waals surface area contributed by atoms with Crippen molar-refractivity contribution in [3.63, 3.8) is 0 Å². The molecule has 0 rings (SSSR count). The Labute approximate surface area is 134 Å². The van der Waals surface area contributed by atoms with E-state index in [-0.39, 0.29) is 0 Å². The van der Waals surface area contributed by atoms with E-state index in [0.717, 1.165) is 19.3 Å². The van der Waals surface area contributed by atoms with E-state index in [4.69, 9.17) is 0 Å². The first-order chi connectivity index (χ1) is 10.2. The van der Waals surface area contributed by atoms with Gasteiger partial charge in [-0.2, -0.15) is 0 Å². The minimum atomic E-state index is 0.299. The van der Waals surface area contributed by atoms with E-state index in [1.807, 2.05) is 0 Å². The summed E-state index contributed by atoms with van der Waals surface area (Å²) < 4.78 is 0. The molecule has 1 atom stereocenters. The van der Waals surface area contributed by atoms with Gasteiger partial charge in [0.25, 0.3) is 0 Å². The van der Waals surface area contributed by atoms with Gasteiger partial charge in [-0.05, 0) is 12.8 Å². The number of ketones is 1. The fourth-order valence-corrected chi connectivity index (χ4v) is 2.95. The molecule has 0 aliphatic rings. The summed E-state index contributed by atoms with van der Waals surface area (Å²) in [4.78, 5) is 11.7. The topological polar surface area (TPSA) is 17.1 Å². The van der Waals surface area contributed by atoms with Gasteiger partial charge in [0.2, 0.25) is 0 Å². The van der Waals surface area contributed by atoms with Crippen LogP contribution in [0.5, 0.6) is 0 Å². The quantitative estimate of drug-likeness (QED) is 0.278. The van der Waals surface area contributed by atoms with Gasteiger partial charge >= 0.3 is 0 Å². The molecule has 0 amide bonds. The summed E-state index contributed by atoms with van der Waals surface area (Å²) in [5.41, 5.74) is 0. The minimum Gasteiger partial charge on any atom is -0.299 e. The van der Waals surface area contributed by atoms with Crippen molar-refractivity contribution in [3.8, 4) is 0 Å². The third-order valence-corrected chi connectivity index (χ3v) is 4.54. The second-order valence-corrected chi connectivity index (χ2v) is 6.80. The summed E-state index contributed by atoms with van der Waals surface area (Å²) in [5.74, 6) is 0.772. The molecule has 0 saturated heterocycles. The summed E-state index contributed by atoms with van der Waals surface area (Å²) in [6.45, 7) is 6.48. The maximum absolute atomic E-state index is 11.7. The number of carbonyl (C=O) groups is 1. The molecule has 0 aliphatic heterocycles. The van der Waals surface area contributed by atoms with Crippen molar-refractivity contribution >= 4 is 5.78 Å². The molecule has 0 saturated carbocycles. The molecule has 0 heterocycles. The van der Waals surface area contributed by atoms with Gasteiger partial charge in [0.05, 0.1) is 0 Å². The Morgan fingerprint density at radius 3 is 1.52 bits per heavy atom. The molecule has 21 heavy (non-hydrogen) atoms. The van der Waals surface area contributed by atoms with Gasteiger partial charge in [-0.1, -0.05) is 97.8 Å². The van der Waals surface area contributed by atoms with Crippen molar-refractivity contribution in [2.75, 3.05) is 0 Å². The van der Waals surface area contributed by atoms with Crippen LogP contribution in [-0.2, 0) is 4.79 Å². The van der Waals surface area contributed by atoms with Gasteiger partial charge < -0.3 is 0 Å². The zero-order chi connectivity index (χ0) is 15.8. The van der Waals surface area contributed by atoms with Crippen LogP contribution in [0.25, 0.3) is 0 Å². The maximum atomic E-state index is 11.7. The summed E-state index contributed by atoms with van der Waals surface area (Å²) >= 11 is 0. The SMILES string of the molecule is CCCCCCCCCCCCCCC(C)C(=O)CCC. The van der Waals surface area contributed by atoms with Crippen LogP contribution in [0.15, 0.2) is 0 Å². The van der Waals surface area contributed by atoms with Gasteiger partial charge in [0.1, 0.15) is 5.78 Å². The fraction of sp³-hybridized carbons (Fsp3) is 0.950. The summed E-state index contributed by atoms with van der Waals surface area (Å²) in [6, 6.07) is 0. The highest BCUT2D eigenvalue weighted by molar-refractivity contribution is 5.80. The molecule has 1 nitrogen and oxygen atoms in total. The molecular formula is C20H40O. The number of unbranched alkanes of at least 4 members (excludes halogenated alkanes) is 11. The standard InChI is InChI=1S/C20H40O/c1-4-6-7-8-9-10-11-12-13-14-15-16-18-19(3)20(21)17-5-2/h19H,4-18H2,1-3H3. The van der Waals surface area contributed by atoms with Gasteiger partial charge in [-0.25, -0.2) is 0 Å². The summed E-state index contributed by atoms with van der Waals surface area (Å²) in [6.07, 6.45) is 19.6. The average Bonchev–Trinajstić information content (AvgIpc) is 2.48. The van der Waals surface area contributed by atoms with Gasteiger partial charge in [0, 0.05) is 12.3 Å². The van der Waals surface area contributed by atoms with Crippen molar-refractivity contribution in [3.05, 3.63) is 0 Å². The van der Waals surface area contributed by atoms with Crippen LogP contribution in [0.4, 0.5) is 0 Å². The second kappa shape index (κ2) is 16.0. The fourth-order valence-electron chi connectivity index (χ4n) is 2.95. The molecule has 0 aromatic rings. The van der Waals surface area contributed by atoms with E-state index in [2.05, 4.69) is 20.8 Å². The summed E-state index contributed by atoms with van der Waals surface area (Å²) in [5, 5.41) is 0. The Morgan fingerprint density at radius 1 is 0.667 bits per heavy atom. The monoisotopic (exact) mass is 296 g/mol. The second-order valence-electron chi connectivity index (χ2n) is 6.80. The number of hydrogen-bond donors (Lipinski definition) is 0. The van der Waals surface area contributed by atoms with E-state index in [1.165, 1.54) is 77.0 Å². The van der Waals surface area contributed by atoms with Gasteiger partial charge in [-0.3, -0.25) is 4.79 Å². The molecule has 0 radical (unpaired) electrons. The first-order valence-corrected chi connectivity index (χ1v) is 9.75. The largest absolute Gasteiger partial charge is 0.299 e. The molecule has 126 valence electrons. The number of hydrogen-bond acceptors (Lipinski definition) is 1. The van der Waals surface area contributed by atoms with Gasteiger partial charge in [0.15, 0.2) is 0 Å². The first-order valence-electron chi connectivity index (χ1n) is 9.75. The Balaban J connectivity index is 3.17. The van der Waals surface area contributed by atoms with Crippen LogP contribution in [-0.4, -0.2) is 5.78 Å². The van der Waals surface area contributed by atoms with Gasteiger partial charge in [-0.15, -0.1) is 0 Å². The highest BCUT2D eigenvalue weighted by atomic mass is 16.1. The zero-order valence-electron chi connectivity index (χ0n) is 15.1. The highest BCUT2D eigenvalue weighted by Gasteiger charge is 2.10. The maximum Gasteiger partial charge on any atom is 0.135 e. The predicted octanol–water partition coefficient (Wildman–Crippen LogP) is 7.08. The molecule has 0 aliphatic carbocycles. The molecule has 0 bridgehead atoms. The average molecular weight is 297 g/mol. The molecule has 1 unspecified atom stereocenters. The molecule has 0 fully saturated rings. The Bertz CT molecular complexity index is 222. The molecule has 0 spiro atoms. The van der Waals surface area contributed by atoms with Crippen molar-refractivity contribution in [2.24, 2.45) is 5.92 Å². The number of rotatable bonds is 16. The highest BCUT2D eigenvalue weighted by Crippen LogP contribution is 2.15. The lowest BCUT2D eigenvalue weighted by atomic mass is 9.95. The van der Waals surface area contributed by atoms with E-state index in [1.54, 1.807) is 0 Å². The van der Waals surface area contributed by atoms with E-state index in [0.29, 0.717) is 11.7 Å². The molecular weight excluding hydrogens is 256 g/mol. The number of carbonyl (C=O) groups excluding carboxylic acids is 1. The normalized spacial score (nSPS) is 12.5. The lowest BCUT2D eigenvalue weighted by Crippen LogP contribution is -2.10. The Hall–Kier alpha value is -0.330. The van der Waals surface area contributed by atoms with Crippen LogP contribution < -0.4 is 0 Å². The summed E-state index contributed by atoms with van der Waals surface area (Å²) in [7, 11) is 0.